The van der Waals surface area contributed by atoms with E-state index < -0.39 is 0 Å². The minimum atomic E-state index is -0.378. The largest absolute Gasteiger partial charge is 0.481 e. The summed E-state index contributed by atoms with van der Waals surface area (Å²) in [5, 5.41) is 3.47. The van der Waals surface area contributed by atoms with Crippen LogP contribution in [0.25, 0.3) is 0 Å². The van der Waals surface area contributed by atoms with E-state index in [4.69, 9.17) is 4.74 Å². The van der Waals surface area contributed by atoms with Gasteiger partial charge in [-0.15, -0.1) is 0 Å². The average Bonchev–Trinajstić information content (AvgIpc) is 3.07. The van der Waals surface area contributed by atoms with Gasteiger partial charge in [0.2, 0.25) is 0 Å². The molecule has 146 valence electrons. The second-order valence-corrected chi connectivity index (χ2v) is 7.01. The van der Waals surface area contributed by atoms with E-state index in [0.29, 0.717) is 0 Å². The van der Waals surface area contributed by atoms with E-state index in [9.17, 15) is 4.79 Å². The first-order valence-corrected chi connectivity index (χ1v) is 9.21. The van der Waals surface area contributed by atoms with Crippen LogP contribution in [0.1, 0.15) is 28.6 Å². The summed E-state index contributed by atoms with van der Waals surface area (Å²) in [6.07, 6.45) is 3.84. The van der Waals surface area contributed by atoms with Gasteiger partial charge in [-0.05, 0) is 30.5 Å². The van der Waals surface area contributed by atoms with E-state index in [1.807, 2.05) is 33.3 Å². The van der Waals surface area contributed by atoms with Gasteiger partial charge < -0.3 is 19.4 Å². The molecule has 0 aliphatic carbocycles. The van der Waals surface area contributed by atoms with Gasteiger partial charge in [-0.3, -0.25) is 4.90 Å². The van der Waals surface area contributed by atoms with Gasteiger partial charge in [-0.1, -0.05) is 12.1 Å². The van der Waals surface area contributed by atoms with Gasteiger partial charge in [0, 0.05) is 45.6 Å². The summed E-state index contributed by atoms with van der Waals surface area (Å²) >= 11 is 0. The van der Waals surface area contributed by atoms with Crippen LogP contribution in [0.4, 0.5) is 0 Å². The fraction of sp³-hybridized carbons (Fsp3) is 0.500. The van der Waals surface area contributed by atoms with Gasteiger partial charge >= 0.3 is 5.97 Å². The molecule has 3 rings (SSSR count). The Morgan fingerprint density at radius 3 is 2.70 bits per heavy atom. The van der Waals surface area contributed by atoms with E-state index in [-0.39, 0.29) is 18.6 Å². The molecule has 2 heterocycles. The van der Waals surface area contributed by atoms with Crippen LogP contribution >= 0.6 is 0 Å². The zero-order chi connectivity index (χ0) is 19.4. The Hall–Kier alpha value is -2.38. The highest BCUT2D eigenvalue weighted by atomic mass is 16.6. The van der Waals surface area contributed by atoms with Crippen molar-refractivity contribution in [1.29, 1.82) is 0 Å². The number of carbonyl (C=O) groups excluding carboxylic acids is 1. The number of hydrogen-bond donors (Lipinski definition) is 1. The molecule has 1 N–H and O–H groups in total. The molecule has 1 saturated heterocycles. The zero-order valence-electron chi connectivity index (χ0n) is 16.5. The fourth-order valence-electron chi connectivity index (χ4n) is 3.67. The molecule has 27 heavy (non-hydrogen) atoms. The van der Waals surface area contributed by atoms with Gasteiger partial charge in [0.1, 0.15) is 11.6 Å². The molecule has 0 amide bonds. The van der Waals surface area contributed by atoms with Gasteiger partial charge in [-0.2, -0.15) is 0 Å². The third kappa shape index (κ3) is 4.48. The number of carbonyl (C=O) groups is 1. The smallest absolute Gasteiger partial charge is 0.343 e. The molecule has 1 unspecified atom stereocenters. The third-order valence-corrected chi connectivity index (χ3v) is 4.98. The SMILES string of the molecule is COC(=O)COc1c(C)cc(CN2CCNCC2c2nccn2C)cc1C. The molecule has 2 aromatic rings. The molecule has 1 aliphatic rings. The number of imidazole rings is 1. The first kappa shape index (κ1) is 19.4. The average molecular weight is 372 g/mol. The van der Waals surface area contributed by atoms with E-state index in [0.717, 1.165) is 48.9 Å². The van der Waals surface area contributed by atoms with Crippen molar-refractivity contribution in [1.82, 2.24) is 19.8 Å². The number of esters is 1. The van der Waals surface area contributed by atoms with Crippen LogP contribution in [0.2, 0.25) is 0 Å². The number of rotatable bonds is 6. The van der Waals surface area contributed by atoms with Crippen LogP contribution in [0.5, 0.6) is 5.75 Å². The second kappa shape index (κ2) is 8.54. The number of hydrogen-bond acceptors (Lipinski definition) is 6. The maximum absolute atomic E-state index is 11.3. The molecule has 0 bridgehead atoms. The Morgan fingerprint density at radius 1 is 1.33 bits per heavy atom. The molecule has 1 fully saturated rings. The summed E-state index contributed by atoms with van der Waals surface area (Å²) in [6, 6.07) is 4.52. The molecule has 7 nitrogen and oxygen atoms in total. The predicted molar refractivity (Wildman–Crippen MR) is 103 cm³/mol. The monoisotopic (exact) mass is 372 g/mol. The number of nitrogens with one attached hydrogen (secondary N) is 1. The lowest BCUT2D eigenvalue weighted by Gasteiger charge is -2.36. The minimum absolute atomic E-state index is 0.0729. The van der Waals surface area contributed by atoms with Crippen molar-refractivity contribution in [2.24, 2.45) is 7.05 Å². The van der Waals surface area contributed by atoms with Gasteiger partial charge in [0.25, 0.3) is 0 Å². The Balaban J connectivity index is 1.76. The van der Waals surface area contributed by atoms with Crippen LogP contribution in [0, 0.1) is 13.8 Å². The first-order chi connectivity index (χ1) is 13.0. The van der Waals surface area contributed by atoms with Crippen molar-refractivity contribution in [2.75, 3.05) is 33.4 Å². The van der Waals surface area contributed by atoms with E-state index >= 15 is 0 Å². The second-order valence-electron chi connectivity index (χ2n) is 7.01. The topological polar surface area (TPSA) is 68.6 Å². The van der Waals surface area contributed by atoms with E-state index in [2.05, 4.69) is 36.6 Å². The third-order valence-electron chi connectivity index (χ3n) is 4.98. The number of methoxy groups -OCH3 is 1. The van der Waals surface area contributed by atoms with Gasteiger partial charge in [0.15, 0.2) is 6.61 Å². The van der Waals surface area contributed by atoms with Crippen molar-refractivity contribution in [2.45, 2.75) is 26.4 Å². The Kier molecular flexibility index (Phi) is 6.13. The summed E-state index contributed by atoms with van der Waals surface area (Å²) in [5.41, 5.74) is 3.28. The molecular formula is C20H28N4O3. The number of aryl methyl sites for hydroxylation is 3. The normalized spacial score (nSPS) is 17.7. The van der Waals surface area contributed by atoms with Crippen molar-refractivity contribution in [3.8, 4) is 5.75 Å². The first-order valence-electron chi connectivity index (χ1n) is 9.21. The molecular weight excluding hydrogens is 344 g/mol. The van der Waals surface area contributed by atoms with Crippen LogP contribution in [0.3, 0.4) is 0 Å². The zero-order valence-corrected chi connectivity index (χ0v) is 16.5. The van der Waals surface area contributed by atoms with Gasteiger partial charge in [-0.25, -0.2) is 9.78 Å². The lowest BCUT2D eigenvalue weighted by atomic mass is 10.0. The maximum Gasteiger partial charge on any atom is 0.343 e. The highest BCUT2D eigenvalue weighted by molar-refractivity contribution is 5.71. The number of aromatic nitrogens is 2. The van der Waals surface area contributed by atoms with Crippen molar-refractivity contribution >= 4 is 5.97 Å². The molecule has 7 heteroatoms. The standard InChI is InChI=1S/C20H28N4O3/c1-14-9-16(10-15(2)19(14)27-13-18(25)26-4)12-24-8-5-21-11-17(24)20-22-6-7-23(20)3/h6-7,9-10,17,21H,5,8,11-13H2,1-4H3. The molecule has 0 saturated carbocycles. The molecule has 1 aromatic heterocycles. The summed E-state index contributed by atoms with van der Waals surface area (Å²) in [4.78, 5) is 18.4. The molecule has 1 aliphatic heterocycles. The quantitative estimate of drug-likeness (QED) is 0.779. The summed E-state index contributed by atoms with van der Waals surface area (Å²) in [6.45, 7) is 7.63. The van der Waals surface area contributed by atoms with Crippen LogP contribution in [-0.2, 0) is 23.1 Å². The van der Waals surface area contributed by atoms with Crippen molar-refractivity contribution < 1.29 is 14.3 Å². The molecule has 0 radical (unpaired) electrons. The summed E-state index contributed by atoms with van der Waals surface area (Å²) in [7, 11) is 3.40. The van der Waals surface area contributed by atoms with E-state index in [1.165, 1.54) is 12.7 Å². The van der Waals surface area contributed by atoms with Crippen LogP contribution in [0.15, 0.2) is 24.5 Å². The minimum Gasteiger partial charge on any atom is -0.481 e. The predicted octanol–water partition coefficient (Wildman–Crippen LogP) is 1.74. The Morgan fingerprint density at radius 2 is 2.07 bits per heavy atom. The molecule has 1 atom stereocenters. The lowest BCUT2D eigenvalue weighted by Crippen LogP contribution is -2.46. The maximum atomic E-state index is 11.3. The van der Waals surface area contributed by atoms with Crippen LogP contribution in [-0.4, -0.2) is 53.8 Å². The number of nitrogens with zero attached hydrogens (tertiary/aromatic N) is 3. The Bertz CT molecular complexity index is 779. The summed E-state index contributed by atoms with van der Waals surface area (Å²) in [5.74, 6) is 1.45. The number of ether oxygens (including phenoxy) is 2. The highest BCUT2D eigenvalue weighted by Crippen LogP contribution is 2.28. The molecule has 0 spiro atoms. The van der Waals surface area contributed by atoms with Gasteiger partial charge in [0.05, 0.1) is 13.2 Å². The number of benzene rings is 1. The van der Waals surface area contributed by atoms with E-state index in [1.54, 1.807) is 0 Å². The Labute approximate surface area is 160 Å². The van der Waals surface area contributed by atoms with Crippen LogP contribution < -0.4 is 10.1 Å². The highest BCUT2D eigenvalue weighted by Gasteiger charge is 2.27. The fourth-order valence-corrected chi connectivity index (χ4v) is 3.67. The molecule has 1 aromatic carbocycles. The lowest BCUT2D eigenvalue weighted by molar-refractivity contribution is -0.142. The summed E-state index contributed by atoms with van der Waals surface area (Å²) < 4.78 is 12.4. The van der Waals surface area contributed by atoms with Crippen molar-refractivity contribution in [3.05, 3.63) is 47.0 Å². The number of piperazine rings is 1. The van der Waals surface area contributed by atoms with Crippen molar-refractivity contribution in [3.63, 3.8) is 0 Å².